The molecule has 10 aromatic carbocycles. The largest absolute Gasteiger partial charge is 0.0622 e. The fourth-order valence-electron chi connectivity index (χ4n) is 8.69. The molecular weight excluding hydrogens is 601 g/mol. The van der Waals surface area contributed by atoms with Crippen LogP contribution in [0.25, 0.3) is 109 Å². The maximum atomic E-state index is 2.48. The summed E-state index contributed by atoms with van der Waals surface area (Å²) in [5, 5.41) is 13.0. The van der Waals surface area contributed by atoms with Crippen molar-refractivity contribution in [3.8, 4) is 55.6 Å². The van der Waals surface area contributed by atoms with Gasteiger partial charge < -0.3 is 0 Å². The summed E-state index contributed by atoms with van der Waals surface area (Å²) in [7, 11) is 0. The molecule has 0 heteroatoms. The predicted octanol–water partition coefficient (Wildman–Crippen LogP) is 14.1. The first-order chi connectivity index (χ1) is 24.8. The van der Waals surface area contributed by atoms with Crippen LogP contribution >= 0.6 is 0 Å². The highest BCUT2D eigenvalue weighted by Gasteiger charge is 2.25. The van der Waals surface area contributed by atoms with Crippen molar-refractivity contribution in [2.24, 2.45) is 0 Å². The Hall–Kier alpha value is -6.50. The SMILES string of the molecule is c1ccc(-c2cc3cc4c(cc3cc2-c2ccccc2)-c2cc3c5ccccc5c(-c5cccc6ccccc56)cc3c3cccc-4c23)cc1. The van der Waals surface area contributed by atoms with Crippen molar-refractivity contribution in [2.75, 3.05) is 0 Å². The summed E-state index contributed by atoms with van der Waals surface area (Å²) < 4.78 is 0. The summed E-state index contributed by atoms with van der Waals surface area (Å²) in [6.07, 6.45) is 0. The summed E-state index contributed by atoms with van der Waals surface area (Å²) >= 11 is 0. The molecule has 0 fully saturated rings. The van der Waals surface area contributed by atoms with Crippen LogP contribution < -0.4 is 0 Å². The van der Waals surface area contributed by atoms with Crippen LogP contribution in [0.15, 0.2) is 182 Å². The standard InChI is InChI=1S/C50H30/c1-3-13-32(14-4-1)42-25-34-27-44-40-23-12-24-41-48-29-46(37-22-11-18-31-17-7-8-19-36(31)37)38-20-9-10-21-39(38)47(48)30-49(50(40)41)45(44)28-35(34)26-43(42)33-15-5-2-6-16-33/h1-30H. The molecule has 0 aliphatic heterocycles. The van der Waals surface area contributed by atoms with Crippen LogP contribution in [-0.2, 0) is 0 Å². The second kappa shape index (κ2) is 10.5. The van der Waals surface area contributed by atoms with Crippen molar-refractivity contribution >= 4 is 53.9 Å². The van der Waals surface area contributed by atoms with E-state index in [4.69, 9.17) is 0 Å². The average Bonchev–Trinajstić information content (AvgIpc) is 3.49. The quantitative estimate of drug-likeness (QED) is 0.170. The molecule has 10 aromatic rings. The Labute approximate surface area is 290 Å². The molecule has 0 heterocycles. The molecule has 0 amide bonds. The van der Waals surface area contributed by atoms with Crippen LogP contribution in [-0.4, -0.2) is 0 Å². The summed E-state index contributed by atoms with van der Waals surface area (Å²) in [6.45, 7) is 0. The zero-order valence-electron chi connectivity index (χ0n) is 27.3. The van der Waals surface area contributed by atoms with Crippen molar-refractivity contribution < 1.29 is 0 Å². The first-order valence-electron chi connectivity index (χ1n) is 17.4. The lowest BCUT2D eigenvalue weighted by Gasteiger charge is -2.16. The van der Waals surface area contributed by atoms with Crippen molar-refractivity contribution in [1.29, 1.82) is 0 Å². The molecule has 230 valence electrons. The van der Waals surface area contributed by atoms with Crippen LogP contribution in [0.5, 0.6) is 0 Å². The number of hydrogen-bond donors (Lipinski definition) is 0. The summed E-state index contributed by atoms with van der Waals surface area (Å²) in [4.78, 5) is 0. The van der Waals surface area contributed by atoms with E-state index >= 15 is 0 Å². The Bertz CT molecular complexity index is 3000. The summed E-state index contributed by atoms with van der Waals surface area (Å²) in [5.41, 5.74) is 12.8. The highest BCUT2D eigenvalue weighted by molar-refractivity contribution is 6.29. The molecular formula is C50H30. The van der Waals surface area contributed by atoms with Crippen molar-refractivity contribution in [1.82, 2.24) is 0 Å². The van der Waals surface area contributed by atoms with Gasteiger partial charge in [0.25, 0.3) is 0 Å². The molecule has 0 unspecified atom stereocenters. The third kappa shape index (κ3) is 3.94. The molecule has 0 bridgehead atoms. The lowest BCUT2D eigenvalue weighted by atomic mass is 9.87. The Morgan fingerprint density at radius 3 is 1.40 bits per heavy atom. The zero-order chi connectivity index (χ0) is 32.8. The highest BCUT2D eigenvalue weighted by atomic mass is 14.3. The second-order valence-electron chi connectivity index (χ2n) is 13.6. The molecule has 1 aliphatic rings. The fourth-order valence-corrected chi connectivity index (χ4v) is 8.69. The van der Waals surface area contributed by atoms with Crippen LogP contribution in [0.3, 0.4) is 0 Å². The van der Waals surface area contributed by atoms with Crippen LogP contribution in [0.4, 0.5) is 0 Å². The second-order valence-corrected chi connectivity index (χ2v) is 13.6. The average molecular weight is 631 g/mol. The molecule has 0 aromatic heterocycles. The number of benzene rings is 10. The van der Waals surface area contributed by atoms with Gasteiger partial charge in [0.2, 0.25) is 0 Å². The van der Waals surface area contributed by atoms with Gasteiger partial charge >= 0.3 is 0 Å². The summed E-state index contributed by atoms with van der Waals surface area (Å²) in [5.74, 6) is 0. The van der Waals surface area contributed by atoms with Crippen molar-refractivity contribution in [2.45, 2.75) is 0 Å². The minimum Gasteiger partial charge on any atom is -0.0622 e. The molecule has 0 N–H and O–H groups in total. The smallest absolute Gasteiger partial charge is 0.00199 e. The Morgan fingerprint density at radius 2 is 0.680 bits per heavy atom. The molecule has 1 aliphatic carbocycles. The number of fused-ring (bicyclic) bond motifs is 9. The van der Waals surface area contributed by atoms with Crippen LogP contribution in [0.1, 0.15) is 0 Å². The van der Waals surface area contributed by atoms with E-state index in [-0.39, 0.29) is 0 Å². The van der Waals surface area contributed by atoms with E-state index in [0.29, 0.717) is 0 Å². The monoisotopic (exact) mass is 630 g/mol. The molecule has 0 spiro atoms. The fraction of sp³-hybridized carbons (Fsp3) is 0. The maximum absolute atomic E-state index is 2.48. The minimum atomic E-state index is 1.23. The van der Waals surface area contributed by atoms with Gasteiger partial charge in [0.05, 0.1) is 0 Å². The number of rotatable bonds is 3. The third-order valence-corrected chi connectivity index (χ3v) is 10.9. The minimum absolute atomic E-state index is 1.23. The van der Waals surface area contributed by atoms with Crippen molar-refractivity contribution in [3.63, 3.8) is 0 Å². The number of hydrogen-bond acceptors (Lipinski definition) is 0. The lowest BCUT2D eigenvalue weighted by molar-refractivity contribution is 1.60. The molecule has 0 nitrogen and oxygen atoms in total. The van der Waals surface area contributed by atoms with Gasteiger partial charge in [-0.3, -0.25) is 0 Å². The normalized spacial score (nSPS) is 12.0. The van der Waals surface area contributed by atoms with E-state index < -0.39 is 0 Å². The van der Waals surface area contributed by atoms with Gasteiger partial charge in [0, 0.05) is 0 Å². The first kappa shape index (κ1) is 27.5. The molecule has 0 atom stereocenters. The van der Waals surface area contributed by atoms with Gasteiger partial charge in [-0.2, -0.15) is 0 Å². The van der Waals surface area contributed by atoms with Gasteiger partial charge in [-0.15, -0.1) is 0 Å². The van der Waals surface area contributed by atoms with E-state index in [1.54, 1.807) is 0 Å². The molecule has 0 saturated heterocycles. The van der Waals surface area contributed by atoms with Crippen LogP contribution in [0, 0.1) is 0 Å². The highest BCUT2D eigenvalue weighted by Crippen LogP contribution is 2.52. The predicted molar refractivity (Wildman–Crippen MR) is 215 cm³/mol. The molecule has 0 saturated carbocycles. The zero-order valence-corrected chi connectivity index (χ0v) is 27.3. The topological polar surface area (TPSA) is 0 Å². The Kier molecular flexibility index (Phi) is 5.76. The van der Waals surface area contributed by atoms with Gasteiger partial charge in [-0.1, -0.05) is 146 Å². The lowest BCUT2D eigenvalue weighted by Crippen LogP contribution is -1.89. The van der Waals surface area contributed by atoms with Crippen LogP contribution in [0.2, 0.25) is 0 Å². The Morgan fingerprint density at radius 1 is 0.200 bits per heavy atom. The third-order valence-electron chi connectivity index (χ3n) is 10.9. The van der Waals surface area contributed by atoms with E-state index in [2.05, 4.69) is 182 Å². The first-order valence-corrected chi connectivity index (χ1v) is 17.4. The van der Waals surface area contributed by atoms with Gasteiger partial charge in [-0.05, 0) is 146 Å². The molecule has 50 heavy (non-hydrogen) atoms. The van der Waals surface area contributed by atoms with E-state index in [1.807, 2.05) is 0 Å². The van der Waals surface area contributed by atoms with Gasteiger partial charge in [-0.25, -0.2) is 0 Å². The van der Waals surface area contributed by atoms with E-state index in [0.717, 1.165) is 0 Å². The molecule has 11 rings (SSSR count). The molecule has 0 radical (unpaired) electrons. The van der Waals surface area contributed by atoms with Gasteiger partial charge in [0.1, 0.15) is 0 Å². The maximum Gasteiger partial charge on any atom is -0.00199 e. The van der Waals surface area contributed by atoms with E-state index in [1.165, 1.54) is 109 Å². The van der Waals surface area contributed by atoms with Crippen molar-refractivity contribution in [3.05, 3.63) is 182 Å². The van der Waals surface area contributed by atoms with Gasteiger partial charge in [0.15, 0.2) is 0 Å². The Balaban J connectivity index is 1.21. The van der Waals surface area contributed by atoms with E-state index in [9.17, 15) is 0 Å². The summed E-state index contributed by atoms with van der Waals surface area (Å²) in [6, 6.07) is 67.5.